The van der Waals surface area contributed by atoms with Crippen LogP contribution in [-0.2, 0) is 11.2 Å². The second-order valence-electron chi connectivity index (χ2n) is 6.48. The van der Waals surface area contributed by atoms with Crippen LogP contribution in [0.25, 0.3) is 0 Å². The number of nitrogens with zero attached hydrogens (tertiary/aromatic N) is 1. The van der Waals surface area contributed by atoms with Crippen molar-refractivity contribution in [3.05, 3.63) is 59.7 Å². The largest absolute Gasteiger partial charge is 0.328 e. The number of nitrogens with two attached hydrogens (primary N) is 1. The molecule has 26 heavy (non-hydrogen) atoms. The predicted octanol–water partition coefficient (Wildman–Crippen LogP) is 3.38. The third-order valence-corrected chi connectivity index (χ3v) is 4.35. The van der Waals surface area contributed by atoms with Crippen molar-refractivity contribution in [3.8, 4) is 0 Å². The summed E-state index contributed by atoms with van der Waals surface area (Å²) in [4.78, 5) is 26.6. The Hall–Kier alpha value is -2.37. The molecule has 1 aliphatic rings. The van der Waals surface area contributed by atoms with Gasteiger partial charge in [-0.25, -0.2) is 0 Å². The van der Waals surface area contributed by atoms with Crippen LogP contribution in [0.5, 0.6) is 0 Å². The van der Waals surface area contributed by atoms with E-state index in [4.69, 9.17) is 5.73 Å². The van der Waals surface area contributed by atoms with E-state index >= 15 is 0 Å². The zero-order chi connectivity index (χ0) is 17.8. The van der Waals surface area contributed by atoms with Crippen molar-refractivity contribution >= 4 is 35.6 Å². The molecule has 0 bridgehead atoms. The van der Waals surface area contributed by atoms with Gasteiger partial charge >= 0.3 is 0 Å². The highest BCUT2D eigenvalue weighted by atomic mass is 35.5. The van der Waals surface area contributed by atoms with E-state index in [0.717, 1.165) is 12.1 Å². The van der Waals surface area contributed by atoms with Gasteiger partial charge in [-0.3, -0.25) is 9.59 Å². The molecule has 6 heteroatoms. The molecule has 3 rings (SSSR count). The van der Waals surface area contributed by atoms with Gasteiger partial charge < -0.3 is 16.0 Å². The zero-order valence-electron chi connectivity index (χ0n) is 14.8. The summed E-state index contributed by atoms with van der Waals surface area (Å²) in [6.07, 6.45) is 1.87. The third kappa shape index (κ3) is 4.62. The summed E-state index contributed by atoms with van der Waals surface area (Å²) in [7, 11) is 0. The Morgan fingerprint density at radius 2 is 1.96 bits per heavy atom. The molecule has 2 amide bonds. The van der Waals surface area contributed by atoms with Gasteiger partial charge in [0.2, 0.25) is 5.91 Å². The summed E-state index contributed by atoms with van der Waals surface area (Å²) in [5, 5.41) is 2.84. The van der Waals surface area contributed by atoms with Gasteiger partial charge in [0.05, 0.1) is 0 Å². The number of nitrogens with one attached hydrogen (secondary N) is 1. The lowest BCUT2D eigenvalue weighted by molar-refractivity contribution is -0.116. The maximum absolute atomic E-state index is 12.9. The van der Waals surface area contributed by atoms with Gasteiger partial charge in [-0.1, -0.05) is 24.3 Å². The van der Waals surface area contributed by atoms with Crippen LogP contribution >= 0.6 is 12.4 Å². The van der Waals surface area contributed by atoms with Crippen LogP contribution in [-0.4, -0.2) is 24.4 Å². The second kappa shape index (κ2) is 8.83. The van der Waals surface area contributed by atoms with E-state index < -0.39 is 0 Å². The second-order valence-corrected chi connectivity index (χ2v) is 6.48. The number of carbonyl (C=O) groups excluding carboxylic acids is 2. The van der Waals surface area contributed by atoms with Crippen molar-refractivity contribution in [2.24, 2.45) is 5.73 Å². The molecule has 2 aromatic carbocycles. The minimum Gasteiger partial charge on any atom is -0.328 e. The van der Waals surface area contributed by atoms with E-state index in [1.165, 1.54) is 5.56 Å². The zero-order valence-corrected chi connectivity index (χ0v) is 15.6. The lowest BCUT2D eigenvalue weighted by Gasteiger charge is -2.18. The average molecular weight is 374 g/mol. The number of halogens is 1. The smallest absolute Gasteiger partial charge is 0.258 e. The van der Waals surface area contributed by atoms with Crippen LogP contribution in [0.4, 0.5) is 11.4 Å². The first-order valence-electron chi connectivity index (χ1n) is 8.60. The van der Waals surface area contributed by atoms with Crippen LogP contribution in [0.15, 0.2) is 48.5 Å². The number of para-hydroxylation sites is 1. The van der Waals surface area contributed by atoms with E-state index in [2.05, 4.69) is 11.4 Å². The van der Waals surface area contributed by atoms with Gasteiger partial charge in [-0.2, -0.15) is 0 Å². The normalized spacial score (nSPS) is 13.5. The maximum Gasteiger partial charge on any atom is 0.258 e. The minimum absolute atomic E-state index is 0. The molecule has 138 valence electrons. The summed E-state index contributed by atoms with van der Waals surface area (Å²) in [5.41, 5.74) is 9.04. The fraction of sp³-hybridized carbons (Fsp3) is 0.300. The summed E-state index contributed by atoms with van der Waals surface area (Å²) in [6, 6.07) is 15.0. The first-order chi connectivity index (χ1) is 12.0. The molecule has 0 spiro atoms. The number of carbonyl (C=O) groups is 2. The lowest BCUT2D eigenvalue weighted by Crippen LogP contribution is -2.29. The van der Waals surface area contributed by atoms with Gasteiger partial charge in [0.1, 0.15) is 0 Å². The van der Waals surface area contributed by atoms with E-state index in [9.17, 15) is 9.59 Å². The maximum atomic E-state index is 12.9. The van der Waals surface area contributed by atoms with E-state index in [1.807, 2.05) is 25.1 Å². The summed E-state index contributed by atoms with van der Waals surface area (Å²) >= 11 is 0. The van der Waals surface area contributed by atoms with Crippen LogP contribution in [0.3, 0.4) is 0 Å². The van der Waals surface area contributed by atoms with Crippen molar-refractivity contribution in [1.82, 2.24) is 0 Å². The topological polar surface area (TPSA) is 75.4 Å². The Morgan fingerprint density at radius 3 is 2.73 bits per heavy atom. The number of fused-ring (bicyclic) bond motifs is 1. The standard InChI is InChI=1S/C20H23N3O2.ClH/c1-14(21)9-10-19(24)22-17-7-4-6-16(13-17)20(25)23-12-11-15-5-2-3-8-18(15)23;/h2-8,13-14H,9-12,21H2,1H3,(H,22,24);1H. The molecule has 5 nitrogen and oxygen atoms in total. The van der Waals surface area contributed by atoms with Gasteiger partial charge in [0, 0.05) is 35.9 Å². The molecule has 0 aromatic heterocycles. The van der Waals surface area contributed by atoms with Crippen LogP contribution in [0.1, 0.15) is 35.7 Å². The number of amides is 2. The summed E-state index contributed by atoms with van der Waals surface area (Å²) < 4.78 is 0. The Morgan fingerprint density at radius 1 is 1.19 bits per heavy atom. The molecule has 1 heterocycles. The average Bonchev–Trinajstić information content (AvgIpc) is 3.03. The van der Waals surface area contributed by atoms with Gasteiger partial charge in [0.25, 0.3) is 5.91 Å². The number of anilines is 2. The van der Waals surface area contributed by atoms with E-state index in [1.54, 1.807) is 29.2 Å². The van der Waals surface area contributed by atoms with Crippen LogP contribution < -0.4 is 16.0 Å². The first-order valence-corrected chi connectivity index (χ1v) is 8.60. The SMILES string of the molecule is CC(N)CCC(=O)Nc1cccc(C(=O)N2CCc3ccccc32)c1.Cl. The molecule has 2 aromatic rings. The third-order valence-electron chi connectivity index (χ3n) is 4.35. The van der Waals surface area contributed by atoms with Crippen molar-refractivity contribution in [2.45, 2.75) is 32.2 Å². The van der Waals surface area contributed by atoms with Gasteiger partial charge in [-0.05, 0) is 49.6 Å². The molecule has 3 N–H and O–H groups in total. The molecular weight excluding hydrogens is 350 g/mol. The van der Waals surface area contributed by atoms with Gasteiger partial charge in [0.15, 0.2) is 0 Å². The fourth-order valence-corrected chi connectivity index (χ4v) is 3.02. The molecular formula is C20H24ClN3O2. The Balaban J connectivity index is 0.00000243. The summed E-state index contributed by atoms with van der Waals surface area (Å²) in [6.45, 7) is 2.56. The highest BCUT2D eigenvalue weighted by molar-refractivity contribution is 6.08. The molecule has 0 fully saturated rings. The Kier molecular flexibility index (Phi) is 6.77. The van der Waals surface area contributed by atoms with Crippen LogP contribution in [0.2, 0.25) is 0 Å². The monoisotopic (exact) mass is 373 g/mol. The lowest BCUT2D eigenvalue weighted by atomic mass is 10.1. The Bertz CT molecular complexity index is 792. The molecule has 1 unspecified atom stereocenters. The molecule has 1 atom stereocenters. The quantitative estimate of drug-likeness (QED) is 0.843. The summed E-state index contributed by atoms with van der Waals surface area (Å²) in [5.74, 6) is -0.134. The van der Waals surface area contributed by atoms with Crippen molar-refractivity contribution < 1.29 is 9.59 Å². The van der Waals surface area contributed by atoms with Gasteiger partial charge in [-0.15, -0.1) is 12.4 Å². The highest BCUT2D eigenvalue weighted by Crippen LogP contribution is 2.29. The molecule has 0 radical (unpaired) electrons. The highest BCUT2D eigenvalue weighted by Gasteiger charge is 2.25. The minimum atomic E-state index is -0.0894. The fourth-order valence-electron chi connectivity index (χ4n) is 3.02. The van der Waals surface area contributed by atoms with Crippen molar-refractivity contribution in [3.63, 3.8) is 0 Å². The van der Waals surface area contributed by atoms with E-state index in [0.29, 0.717) is 30.6 Å². The van der Waals surface area contributed by atoms with Crippen LogP contribution in [0, 0.1) is 0 Å². The number of hydrogen-bond donors (Lipinski definition) is 2. The molecule has 0 saturated heterocycles. The van der Waals surface area contributed by atoms with E-state index in [-0.39, 0.29) is 30.3 Å². The predicted molar refractivity (Wildman–Crippen MR) is 107 cm³/mol. The molecule has 0 aliphatic carbocycles. The number of rotatable bonds is 5. The first kappa shape index (κ1) is 19.9. The molecule has 0 saturated carbocycles. The number of hydrogen-bond acceptors (Lipinski definition) is 3. The van der Waals surface area contributed by atoms with Crippen molar-refractivity contribution in [1.29, 1.82) is 0 Å². The van der Waals surface area contributed by atoms with Crippen molar-refractivity contribution in [2.75, 3.05) is 16.8 Å². The molecule has 1 aliphatic heterocycles. The Labute approximate surface area is 160 Å². The number of benzene rings is 2.